The quantitative estimate of drug-likeness (QED) is 0.855. The fourth-order valence-electron chi connectivity index (χ4n) is 2.57. The standard InChI is InChI=1S/C14H16N2O3S/c17-13-12(9-11-5-4-8-19-11)20-14(18)16(13)10-15-6-2-1-3-7-15/h4-5,8-9H,1-3,6-7,10H2/p+1/b12-9+. The molecule has 0 radical (unpaired) electrons. The lowest BCUT2D eigenvalue weighted by molar-refractivity contribution is -0.912. The second kappa shape index (κ2) is 5.85. The van der Waals surface area contributed by atoms with Gasteiger partial charge in [-0.2, -0.15) is 0 Å². The van der Waals surface area contributed by atoms with Crippen LogP contribution >= 0.6 is 11.8 Å². The Labute approximate surface area is 121 Å². The summed E-state index contributed by atoms with van der Waals surface area (Å²) in [5.41, 5.74) is 0. The van der Waals surface area contributed by atoms with Crippen LogP contribution in [0.25, 0.3) is 6.08 Å². The van der Waals surface area contributed by atoms with Crippen LogP contribution in [0.2, 0.25) is 0 Å². The molecular formula is C14H17N2O3S+. The van der Waals surface area contributed by atoms with Crippen LogP contribution in [-0.4, -0.2) is 35.8 Å². The van der Waals surface area contributed by atoms with E-state index < -0.39 is 0 Å². The van der Waals surface area contributed by atoms with Crippen LogP contribution in [-0.2, 0) is 4.79 Å². The van der Waals surface area contributed by atoms with Gasteiger partial charge in [0.15, 0.2) is 6.67 Å². The Morgan fingerprint density at radius 1 is 1.30 bits per heavy atom. The van der Waals surface area contributed by atoms with Crippen LogP contribution < -0.4 is 4.90 Å². The summed E-state index contributed by atoms with van der Waals surface area (Å²) in [6.45, 7) is 2.57. The third-order valence-corrected chi connectivity index (χ3v) is 4.54. The average Bonchev–Trinajstić information content (AvgIpc) is 3.05. The zero-order chi connectivity index (χ0) is 13.9. The normalized spacial score (nSPS) is 23.0. The van der Waals surface area contributed by atoms with Gasteiger partial charge in [0.05, 0.1) is 24.3 Å². The Morgan fingerprint density at radius 3 is 2.80 bits per heavy atom. The lowest BCUT2D eigenvalue weighted by Crippen LogP contribution is -3.14. The number of thioether (sulfide) groups is 1. The van der Waals surface area contributed by atoms with Crippen LogP contribution in [0.5, 0.6) is 0 Å². The first-order chi connectivity index (χ1) is 9.74. The Morgan fingerprint density at radius 2 is 2.10 bits per heavy atom. The van der Waals surface area contributed by atoms with E-state index in [0.717, 1.165) is 24.9 Å². The fourth-order valence-corrected chi connectivity index (χ4v) is 3.39. The molecule has 0 aromatic carbocycles. The molecule has 2 amide bonds. The van der Waals surface area contributed by atoms with Crippen LogP contribution in [0, 0.1) is 0 Å². The molecule has 0 bridgehead atoms. The second-order valence-corrected chi connectivity index (χ2v) is 6.09. The van der Waals surface area contributed by atoms with Crippen molar-refractivity contribution in [3.63, 3.8) is 0 Å². The number of hydrogen-bond donors (Lipinski definition) is 1. The van der Waals surface area contributed by atoms with Crippen LogP contribution in [0.15, 0.2) is 27.7 Å². The molecular weight excluding hydrogens is 276 g/mol. The highest BCUT2D eigenvalue weighted by Gasteiger charge is 2.37. The number of hydrogen-bond acceptors (Lipinski definition) is 4. The number of piperidine rings is 1. The lowest BCUT2D eigenvalue weighted by atomic mass is 10.1. The monoisotopic (exact) mass is 293 g/mol. The number of imide groups is 1. The highest BCUT2D eigenvalue weighted by atomic mass is 32.2. The van der Waals surface area contributed by atoms with Gasteiger partial charge in [-0.15, -0.1) is 0 Å². The van der Waals surface area contributed by atoms with Crippen molar-refractivity contribution in [2.75, 3.05) is 19.8 Å². The van der Waals surface area contributed by atoms with Crippen LogP contribution in [0.1, 0.15) is 25.0 Å². The van der Waals surface area contributed by atoms with Crippen molar-refractivity contribution < 1.29 is 18.9 Å². The first kappa shape index (κ1) is 13.5. The highest BCUT2D eigenvalue weighted by Crippen LogP contribution is 2.31. The molecule has 2 saturated heterocycles. The smallest absolute Gasteiger partial charge is 0.298 e. The van der Waals surface area contributed by atoms with Gasteiger partial charge in [0.2, 0.25) is 0 Å². The third-order valence-electron chi connectivity index (χ3n) is 3.63. The topological polar surface area (TPSA) is 55.0 Å². The number of nitrogens with one attached hydrogen (secondary N) is 1. The van der Waals surface area contributed by atoms with Gasteiger partial charge in [0, 0.05) is 6.08 Å². The maximum Gasteiger partial charge on any atom is 0.298 e. The van der Waals surface area contributed by atoms with Crippen molar-refractivity contribution >= 4 is 29.0 Å². The zero-order valence-electron chi connectivity index (χ0n) is 11.1. The molecule has 3 heterocycles. The molecule has 6 heteroatoms. The number of nitrogens with zero attached hydrogens (tertiary/aromatic N) is 1. The summed E-state index contributed by atoms with van der Waals surface area (Å²) in [7, 11) is 0. The summed E-state index contributed by atoms with van der Waals surface area (Å²) in [5.74, 6) is 0.398. The van der Waals surface area contributed by atoms with E-state index >= 15 is 0 Å². The van der Waals surface area contributed by atoms with Gasteiger partial charge in [0.1, 0.15) is 5.76 Å². The average molecular weight is 293 g/mol. The second-order valence-electron chi connectivity index (χ2n) is 5.09. The number of rotatable bonds is 3. The predicted molar refractivity (Wildman–Crippen MR) is 75.9 cm³/mol. The molecule has 1 N–H and O–H groups in total. The Bertz CT molecular complexity index is 533. The Hall–Kier alpha value is -1.53. The molecule has 2 aliphatic rings. The third kappa shape index (κ3) is 2.81. The van der Waals surface area contributed by atoms with Crippen molar-refractivity contribution in [1.82, 2.24) is 4.90 Å². The first-order valence-electron chi connectivity index (χ1n) is 6.86. The van der Waals surface area contributed by atoms with Crippen LogP contribution in [0.3, 0.4) is 0 Å². The van der Waals surface area contributed by atoms with Gasteiger partial charge in [-0.05, 0) is 43.2 Å². The summed E-state index contributed by atoms with van der Waals surface area (Å²) in [6.07, 6.45) is 6.79. The van der Waals surface area contributed by atoms with Gasteiger partial charge in [-0.25, -0.2) is 4.90 Å². The van der Waals surface area contributed by atoms with Crippen molar-refractivity contribution in [1.29, 1.82) is 0 Å². The zero-order valence-corrected chi connectivity index (χ0v) is 11.9. The molecule has 2 aliphatic heterocycles. The maximum absolute atomic E-state index is 12.3. The number of carbonyl (C=O) groups excluding carboxylic acids is 2. The molecule has 3 rings (SSSR count). The lowest BCUT2D eigenvalue weighted by Gasteiger charge is -2.26. The Kier molecular flexibility index (Phi) is 3.93. The van der Waals surface area contributed by atoms with E-state index in [1.807, 2.05) is 0 Å². The first-order valence-corrected chi connectivity index (χ1v) is 7.68. The summed E-state index contributed by atoms with van der Waals surface area (Å²) >= 11 is 0.994. The minimum atomic E-state index is -0.200. The molecule has 1 aromatic rings. The molecule has 0 spiro atoms. The summed E-state index contributed by atoms with van der Waals surface area (Å²) in [4.78, 5) is 27.4. The molecule has 20 heavy (non-hydrogen) atoms. The van der Waals surface area contributed by atoms with Crippen LogP contribution in [0.4, 0.5) is 4.79 Å². The number of likely N-dealkylation sites (tertiary alicyclic amines) is 1. The van der Waals surface area contributed by atoms with Crippen molar-refractivity contribution in [2.45, 2.75) is 19.3 Å². The summed E-state index contributed by atoms with van der Waals surface area (Å²) in [5, 5.41) is -0.175. The molecule has 0 atom stereocenters. The van der Waals surface area contributed by atoms with Gasteiger partial charge < -0.3 is 9.32 Å². The van der Waals surface area contributed by atoms with Gasteiger partial charge >= 0.3 is 0 Å². The van der Waals surface area contributed by atoms with Gasteiger partial charge in [-0.1, -0.05) is 0 Å². The highest BCUT2D eigenvalue weighted by molar-refractivity contribution is 8.18. The number of furan rings is 1. The molecule has 0 saturated carbocycles. The van der Waals surface area contributed by atoms with Gasteiger partial charge in [0.25, 0.3) is 11.1 Å². The molecule has 2 fully saturated rings. The van der Waals surface area contributed by atoms with E-state index in [2.05, 4.69) is 0 Å². The molecule has 1 aromatic heterocycles. The SMILES string of the molecule is O=C1S/C(=C/c2ccco2)C(=O)N1C[NH+]1CCCCC1. The van der Waals surface area contributed by atoms with Crippen molar-refractivity contribution in [2.24, 2.45) is 0 Å². The summed E-state index contributed by atoms with van der Waals surface area (Å²) in [6, 6.07) is 3.53. The minimum absolute atomic E-state index is 0.175. The van der Waals surface area contributed by atoms with Gasteiger partial charge in [-0.3, -0.25) is 9.59 Å². The van der Waals surface area contributed by atoms with E-state index in [0.29, 0.717) is 17.3 Å². The molecule has 0 aliphatic carbocycles. The van der Waals surface area contributed by atoms with Crippen molar-refractivity contribution in [3.8, 4) is 0 Å². The molecule has 5 nitrogen and oxygen atoms in total. The molecule has 106 valence electrons. The van der Waals surface area contributed by atoms with E-state index in [9.17, 15) is 9.59 Å². The molecule has 0 unspecified atom stereocenters. The van der Waals surface area contributed by atoms with E-state index in [4.69, 9.17) is 4.42 Å². The summed E-state index contributed by atoms with van der Waals surface area (Å²) < 4.78 is 5.19. The number of quaternary nitrogens is 1. The minimum Gasteiger partial charge on any atom is -0.465 e. The predicted octanol–water partition coefficient (Wildman–Crippen LogP) is 1.34. The van der Waals surface area contributed by atoms with Crippen molar-refractivity contribution in [3.05, 3.63) is 29.1 Å². The Balaban J connectivity index is 1.70. The fraction of sp³-hybridized carbons (Fsp3) is 0.429. The maximum atomic E-state index is 12.3. The number of amides is 2. The van der Waals surface area contributed by atoms with E-state index in [1.54, 1.807) is 24.5 Å². The largest absolute Gasteiger partial charge is 0.465 e. The number of carbonyl (C=O) groups is 2. The van der Waals surface area contributed by atoms with E-state index in [-0.39, 0.29) is 11.1 Å². The van der Waals surface area contributed by atoms with E-state index in [1.165, 1.54) is 29.1 Å².